The zero-order valence-corrected chi connectivity index (χ0v) is 10.7. The van der Waals surface area contributed by atoms with E-state index in [1.807, 2.05) is 37.3 Å². The van der Waals surface area contributed by atoms with Crippen LogP contribution in [0.5, 0.6) is 0 Å². The second-order valence-electron chi connectivity index (χ2n) is 3.96. The molecule has 1 aromatic heterocycles. The number of nitrogens with zero attached hydrogens (tertiary/aromatic N) is 4. The van der Waals surface area contributed by atoms with Crippen LogP contribution in [-0.2, 0) is 0 Å². The summed E-state index contributed by atoms with van der Waals surface area (Å²) in [5, 5.41) is 13.1. The van der Waals surface area contributed by atoms with Gasteiger partial charge in [-0.25, -0.2) is 9.67 Å². The smallest absolute Gasteiger partial charge is 0.293 e. The third-order valence-electron chi connectivity index (χ3n) is 2.74. The molecular weight excluding hydrogens is 244 g/mol. The van der Waals surface area contributed by atoms with Crippen LogP contribution in [0.4, 0.5) is 0 Å². The molecule has 0 saturated heterocycles. The molecule has 19 heavy (non-hydrogen) atoms. The molecule has 2 aromatic rings. The molecule has 0 atom stereocenters. The predicted octanol–water partition coefficient (Wildman–Crippen LogP) is 0.722. The molecule has 6 heteroatoms. The Morgan fingerprint density at radius 2 is 2.11 bits per heavy atom. The topological polar surface area (TPSA) is 71.2 Å². The third-order valence-corrected chi connectivity index (χ3v) is 2.74. The van der Waals surface area contributed by atoms with E-state index in [1.165, 1.54) is 11.2 Å². The van der Waals surface area contributed by atoms with Gasteiger partial charge in [0.2, 0.25) is 5.82 Å². The van der Waals surface area contributed by atoms with E-state index in [-0.39, 0.29) is 24.9 Å². The predicted molar refractivity (Wildman–Crippen MR) is 70.0 cm³/mol. The Morgan fingerprint density at radius 3 is 2.74 bits per heavy atom. The van der Waals surface area contributed by atoms with Gasteiger partial charge in [0.1, 0.15) is 6.33 Å². The molecule has 0 aliphatic rings. The number of para-hydroxylation sites is 1. The first kappa shape index (κ1) is 13.2. The lowest BCUT2D eigenvalue weighted by atomic mass is 10.3. The Morgan fingerprint density at radius 1 is 1.37 bits per heavy atom. The van der Waals surface area contributed by atoms with Crippen LogP contribution in [0.15, 0.2) is 36.7 Å². The summed E-state index contributed by atoms with van der Waals surface area (Å²) in [6, 6.07) is 9.46. The molecule has 1 N–H and O–H groups in total. The van der Waals surface area contributed by atoms with Gasteiger partial charge >= 0.3 is 0 Å². The Kier molecular flexibility index (Phi) is 4.25. The summed E-state index contributed by atoms with van der Waals surface area (Å²) in [6.45, 7) is 2.58. The summed E-state index contributed by atoms with van der Waals surface area (Å²) >= 11 is 0. The van der Waals surface area contributed by atoms with Crippen molar-refractivity contribution in [1.29, 1.82) is 0 Å². The van der Waals surface area contributed by atoms with Crippen LogP contribution in [0.3, 0.4) is 0 Å². The summed E-state index contributed by atoms with van der Waals surface area (Å²) < 4.78 is 1.56. The minimum atomic E-state index is -0.272. The minimum absolute atomic E-state index is 0.0705. The molecule has 0 spiro atoms. The van der Waals surface area contributed by atoms with E-state index in [0.717, 1.165) is 5.69 Å². The van der Waals surface area contributed by atoms with E-state index in [9.17, 15) is 4.79 Å². The van der Waals surface area contributed by atoms with E-state index in [0.29, 0.717) is 6.54 Å². The highest BCUT2D eigenvalue weighted by molar-refractivity contribution is 5.90. The molecule has 100 valence electrons. The van der Waals surface area contributed by atoms with Gasteiger partial charge in [-0.1, -0.05) is 18.2 Å². The van der Waals surface area contributed by atoms with E-state index in [2.05, 4.69) is 10.1 Å². The number of hydrogen-bond donors (Lipinski definition) is 1. The highest BCUT2D eigenvalue weighted by Gasteiger charge is 2.18. The average molecular weight is 260 g/mol. The van der Waals surface area contributed by atoms with Crippen molar-refractivity contribution < 1.29 is 9.90 Å². The van der Waals surface area contributed by atoms with Crippen LogP contribution in [0.1, 0.15) is 17.5 Å². The second-order valence-corrected chi connectivity index (χ2v) is 3.96. The number of carbonyl (C=O) groups excluding carboxylic acids is 1. The van der Waals surface area contributed by atoms with Crippen molar-refractivity contribution in [2.24, 2.45) is 0 Å². The van der Waals surface area contributed by atoms with Gasteiger partial charge in [0.25, 0.3) is 5.91 Å². The van der Waals surface area contributed by atoms with E-state index in [1.54, 1.807) is 4.68 Å². The van der Waals surface area contributed by atoms with Crippen LogP contribution in [0, 0.1) is 0 Å². The molecule has 0 unspecified atom stereocenters. The van der Waals surface area contributed by atoms with Crippen LogP contribution >= 0.6 is 0 Å². The maximum absolute atomic E-state index is 12.1. The van der Waals surface area contributed by atoms with Crippen LogP contribution in [0.25, 0.3) is 5.69 Å². The number of hydrogen-bond acceptors (Lipinski definition) is 4. The molecular formula is C13H16N4O2. The lowest BCUT2D eigenvalue weighted by molar-refractivity contribution is 0.0720. The number of benzene rings is 1. The Balaban J connectivity index is 2.19. The number of aromatic nitrogens is 3. The molecule has 0 bridgehead atoms. The van der Waals surface area contributed by atoms with Gasteiger partial charge in [-0.2, -0.15) is 0 Å². The minimum Gasteiger partial charge on any atom is -0.395 e. The van der Waals surface area contributed by atoms with Crippen molar-refractivity contribution in [2.45, 2.75) is 6.92 Å². The molecule has 0 radical (unpaired) electrons. The first-order valence-corrected chi connectivity index (χ1v) is 6.13. The SMILES string of the molecule is CCN(CCO)C(=O)c1ncn(-c2ccccc2)n1. The molecule has 1 aromatic carbocycles. The summed E-state index contributed by atoms with van der Waals surface area (Å²) in [4.78, 5) is 17.6. The molecule has 6 nitrogen and oxygen atoms in total. The maximum atomic E-state index is 12.1. The van der Waals surface area contributed by atoms with Crippen molar-refractivity contribution in [1.82, 2.24) is 19.7 Å². The van der Waals surface area contributed by atoms with E-state index < -0.39 is 0 Å². The fourth-order valence-corrected chi connectivity index (χ4v) is 1.73. The number of carbonyl (C=O) groups is 1. The lowest BCUT2D eigenvalue weighted by Crippen LogP contribution is -2.34. The van der Waals surface area contributed by atoms with Gasteiger partial charge in [0.05, 0.1) is 12.3 Å². The third kappa shape index (κ3) is 2.97. The number of aliphatic hydroxyl groups excluding tert-OH is 1. The average Bonchev–Trinajstić information content (AvgIpc) is 2.95. The standard InChI is InChI=1S/C13H16N4O2/c1-2-16(8-9-18)13(19)12-14-10-17(15-12)11-6-4-3-5-7-11/h3-7,10,18H,2,8-9H2,1H3. The molecule has 0 saturated carbocycles. The van der Waals surface area contributed by atoms with Gasteiger partial charge in [-0.15, -0.1) is 5.10 Å². The normalized spacial score (nSPS) is 10.4. The number of rotatable bonds is 5. The van der Waals surface area contributed by atoms with Crippen molar-refractivity contribution >= 4 is 5.91 Å². The molecule has 0 aliphatic heterocycles. The highest BCUT2D eigenvalue weighted by Crippen LogP contribution is 2.06. The molecule has 0 aliphatic carbocycles. The van der Waals surface area contributed by atoms with Crippen molar-refractivity contribution in [2.75, 3.05) is 19.7 Å². The zero-order valence-electron chi connectivity index (χ0n) is 10.7. The molecule has 1 amide bonds. The fraction of sp³-hybridized carbons (Fsp3) is 0.308. The summed E-state index contributed by atoms with van der Waals surface area (Å²) in [7, 11) is 0. The van der Waals surface area contributed by atoms with Crippen molar-refractivity contribution in [3.05, 3.63) is 42.5 Å². The number of likely N-dealkylation sites (N-methyl/N-ethyl adjacent to an activating group) is 1. The largest absolute Gasteiger partial charge is 0.395 e. The molecule has 0 fully saturated rings. The summed E-state index contributed by atoms with van der Waals surface area (Å²) in [6.07, 6.45) is 1.51. The van der Waals surface area contributed by atoms with Crippen LogP contribution in [-0.4, -0.2) is 50.4 Å². The number of amides is 1. The summed E-state index contributed by atoms with van der Waals surface area (Å²) in [5.74, 6) is -0.134. The highest BCUT2D eigenvalue weighted by atomic mass is 16.3. The zero-order chi connectivity index (χ0) is 13.7. The van der Waals surface area contributed by atoms with Crippen LogP contribution in [0.2, 0.25) is 0 Å². The quantitative estimate of drug-likeness (QED) is 0.860. The monoisotopic (exact) mass is 260 g/mol. The maximum Gasteiger partial charge on any atom is 0.293 e. The molecule has 2 rings (SSSR count). The van der Waals surface area contributed by atoms with E-state index in [4.69, 9.17) is 5.11 Å². The van der Waals surface area contributed by atoms with Gasteiger partial charge in [0.15, 0.2) is 0 Å². The Bertz CT molecular complexity index is 539. The lowest BCUT2D eigenvalue weighted by Gasteiger charge is -2.17. The van der Waals surface area contributed by atoms with Gasteiger partial charge < -0.3 is 10.0 Å². The first-order chi connectivity index (χ1) is 9.26. The van der Waals surface area contributed by atoms with Crippen LogP contribution < -0.4 is 0 Å². The van der Waals surface area contributed by atoms with E-state index >= 15 is 0 Å². The molecule has 1 heterocycles. The fourth-order valence-electron chi connectivity index (χ4n) is 1.73. The van der Waals surface area contributed by atoms with Crippen molar-refractivity contribution in [3.63, 3.8) is 0 Å². The van der Waals surface area contributed by atoms with Crippen molar-refractivity contribution in [3.8, 4) is 5.69 Å². The number of aliphatic hydroxyl groups is 1. The Hall–Kier alpha value is -2.21. The van der Waals surface area contributed by atoms with Gasteiger partial charge in [0, 0.05) is 13.1 Å². The van der Waals surface area contributed by atoms with Gasteiger partial charge in [-0.3, -0.25) is 4.79 Å². The Labute approximate surface area is 111 Å². The first-order valence-electron chi connectivity index (χ1n) is 6.13. The van der Waals surface area contributed by atoms with Gasteiger partial charge in [-0.05, 0) is 19.1 Å². The summed E-state index contributed by atoms with van der Waals surface area (Å²) in [5.41, 5.74) is 0.847. The second kappa shape index (κ2) is 6.10.